The van der Waals surface area contributed by atoms with E-state index >= 15 is 0 Å². The van der Waals surface area contributed by atoms with E-state index in [1.165, 1.54) is 39.9 Å². The number of carbonyl (C=O) groups is 2. The summed E-state index contributed by atoms with van der Waals surface area (Å²) in [6.07, 6.45) is 1.67. The molecule has 1 heterocycles. The van der Waals surface area contributed by atoms with Crippen molar-refractivity contribution in [3.63, 3.8) is 0 Å². The van der Waals surface area contributed by atoms with Gasteiger partial charge >= 0.3 is 5.97 Å². The molecular weight excluding hydrogens is 554 g/mol. The van der Waals surface area contributed by atoms with E-state index in [2.05, 4.69) is 20.9 Å². The smallest absolute Gasteiger partial charge is 0.326 e. The highest BCUT2D eigenvalue weighted by Gasteiger charge is 2.23. The predicted molar refractivity (Wildman–Crippen MR) is 140 cm³/mol. The van der Waals surface area contributed by atoms with E-state index in [1.807, 2.05) is 25.1 Å². The highest BCUT2D eigenvalue weighted by atomic mass is 79.9. The van der Waals surface area contributed by atoms with Crippen LogP contribution >= 0.6 is 27.3 Å². The van der Waals surface area contributed by atoms with Crippen molar-refractivity contribution in [2.24, 2.45) is 4.99 Å². The number of halogens is 1. The van der Waals surface area contributed by atoms with E-state index in [4.69, 9.17) is 4.74 Å². The van der Waals surface area contributed by atoms with Gasteiger partial charge in [-0.3, -0.25) is 9.59 Å². The van der Waals surface area contributed by atoms with Gasteiger partial charge in [0.25, 0.3) is 5.91 Å². The second kappa shape index (κ2) is 12.1. The van der Waals surface area contributed by atoms with Crippen LogP contribution in [0.5, 0.6) is 0 Å². The van der Waals surface area contributed by atoms with Crippen molar-refractivity contribution in [3.8, 4) is 0 Å². The summed E-state index contributed by atoms with van der Waals surface area (Å²) >= 11 is 4.72. The monoisotopic (exact) mass is 581 g/mol. The third kappa shape index (κ3) is 6.46. The number of thiazole rings is 1. The van der Waals surface area contributed by atoms with E-state index in [0.717, 1.165) is 27.5 Å². The van der Waals surface area contributed by atoms with Gasteiger partial charge in [-0.05, 0) is 55.8 Å². The molecule has 3 aromatic rings. The summed E-state index contributed by atoms with van der Waals surface area (Å²) in [5, 5.41) is 0. The largest absolute Gasteiger partial charge is 0.465 e. The van der Waals surface area contributed by atoms with Crippen LogP contribution in [0.4, 0.5) is 0 Å². The zero-order valence-electron chi connectivity index (χ0n) is 19.9. The van der Waals surface area contributed by atoms with Gasteiger partial charge in [-0.1, -0.05) is 47.5 Å². The summed E-state index contributed by atoms with van der Waals surface area (Å²) in [5.74, 6) is -0.961. The van der Waals surface area contributed by atoms with Crippen LogP contribution < -0.4 is 4.80 Å². The summed E-state index contributed by atoms with van der Waals surface area (Å²) in [5.41, 5.74) is 1.01. The van der Waals surface area contributed by atoms with Crippen LogP contribution in [0.3, 0.4) is 0 Å². The number of fused-ring (bicyclic) bond motifs is 1. The van der Waals surface area contributed by atoms with Crippen molar-refractivity contribution >= 4 is 59.4 Å². The van der Waals surface area contributed by atoms with Crippen LogP contribution in [0.15, 0.2) is 56.8 Å². The van der Waals surface area contributed by atoms with Crippen molar-refractivity contribution in [2.75, 3.05) is 19.7 Å². The van der Waals surface area contributed by atoms with Gasteiger partial charge < -0.3 is 9.30 Å². The highest BCUT2D eigenvalue weighted by Crippen LogP contribution is 2.23. The van der Waals surface area contributed by atoms with Gasteiger partial charge in [0.15, 0.2) is 4.80 Å². The first kappa shape index (κ1) is 27.3. The maximum absolute atomic E-state index is 13.0. The lowest BCUT2D eigenvalue weighted by atomic mass is 10.2. The molecule has 1 aromatic heterocycles. The lowest BCUT2D eigenvalue weighted by Crippen LogP contribution is -2.31. The minimum absolute atomic E-state index is 0.0800. The summed E-state index contributed by atoms with van der Waals surface area (Å²) in [4.78, 5) is 29.9. The number of benzene rings is 2. The second-order valence-corrected chi connectivity index (χ2v) is 11.5. The summed E-state index contributed by atoms with van der Waals surface area (Å²) in [6, 6.07) is 11.4. The molecule has 0 bridgehead atoms. The van der Waals surface area contributed by atoms with Gasteiger partial charge in [0.2, 0.25) is 10.0 Å². The van der Waals surface area contributed by atoms with E-state index < -0.39 is 21.9 Å². The number of carbonyl (C=O) groups excluding carboxylic acids is 2. The first-order chi connectivity index (χ1) is 16.7. The molecule has 0 N–H and O–H groups in total. The molecule has 1 amide bonds. The Morgan fingerprint density at radius 1 is 1.11 bits per heavy atom. The first-order valence-corrected chi connectivity index (χ1v) is 14.4. The number of unbranched alkanes of at least 4 members (excludes halogenated alkanes) is 1. The van der Waals surface area contributed by atoms with E-state index in [0.29, 0.717) is 17.9 Å². The number of ether oxygens (including phenoxy) is 1. The molecule has 35 heavy (non-hydrogen) atoms. The van der Waals surface area contributed by atoms with Gasteiger partial charge in [0, 0.05) is 23.1 Å². The van der Waals surface area contributed by atoms with Crippen molar-refractivity contribution in [2.45, 2.75) is 45.1 Å². The number of aromatic nitrogens is 1. The number of rotatable bonds is 10. The Labute approximate surface area is 217 Å². The molecule has 0 unspecified atom stereocenters. The third-order valence-electron chi connectivity index (χ3n) is 5.29. The van der Waals surface area contributed by atoms with Crippen molar-refractivity contribution in [3.05, 3.63) is 57.3 Å². The number of esters is 1. The average Bonchev–Trinajstić information content (AvgIpc) is 3.15. The number of amides is 1. The quantitative estimate of drug-likeness (QED) is 0.326. The minimum atomic E-state index is -3.64. The molecule has 3 rings (SSSR count). The number of hydrogen-bond donors (Lipinski definition) is 0. The second-order valence-electron chi connectivity index (χ2n) is 7.68. The van der Waals surface area contributed by atoms with Gasteiger partial charge in [0.1, 0.15) is 6.54 Å². The molecule has 0 saturated heterocycles. The van der Waals surface area contributed by atoms with Crippen LogP contribution in [-0.4, -0.2) is 48.9 Å². The summed E-state index contributed by atoms with van der Waals surface area (Å²) < 4.78 is 35.8. The molecule has 0 spiro atoms. The van der Waals surface area contributed by atoms with Crippen LogP contribution in [0.25, 0.3) is 10.2 Å². The van der Waals surface area contributed by atoms with E-state index in [-0.39, 0.29) is 23.6 Å². The van der Waals surface area contributed by atoms with Gasteiger partial charge in [0.05, 0.1) is 21.7 Å². The normalized spacial score (nSPS) is 12.4. The Morgan fingerprint density at radius 2 is 1.83 bits per heavy atom. The minimum Gasteiger partial charge on any atom is -0.465 e. The fraction of sp³-hybridized carbons (Fsp3) is 0.375. The molecule has 0 aliphatic carbocycles. The van der Waals surface area contributed by atoms with Crippen LogP contribution in [-0.2, 0) is 26.1 Å². The molecule has 11 heteroatoms. The Bertz CT molecular complexity index is 1380. The molecule has 0 fully saturated rings. The molecule has 0 radical (unpaired) electrons. The highest BCUT2D eigenvalue weighted by molar-refractivity contribution is 9.10. The topological polar surface area (TPSA) is 98.0 Å². The fourth-order valence-corrected chi connectivity index (χ4v) is 6.54. The van der Waals surface area contributed by atoms with Crippen molar-refractivity contribution in [1.82, 2.24) is 8.87 Å². The van der Waals surface area contributed by atoms with Crippen molar-refractivity contribution in [1.29, 1.82) is 0 Å². The standard InChI is InChI=1S/C24H28BrN3O5S2/c1-4-7-14-27(5-2)35(31,32)19-11-8-17(9-12-19)23(30)26-24-28(16-22(29)33-6-3)20-13-10-18(25)15-21(20)34-24/h8-13,15H,4-7,14,16H2,1-3H3. The molecule has 0 atom stereocenters. The Hall–Kier alpha value is -2.34. The molecule has 0 aliphatic heterocycles. The number of nitrogens with zero attached hydrogens (tertiary/aromatic N) is 3. The van der Waals surface area contributed by atoms with Gasteiger partial charge in [-0.15, -0.1) is 0 Å². The molecular formula is C24H28BrN3O5S2. The van der Waals surface area contributed by atoms with Gasteiger partial charge in [-0.25, -0.2) is 8.42 Å². The maximum atomic E-state index is 13.0. The van der Waals surface area contributed by atoms with Crippen LogP contribution in [0.1, 0.15) is 44.0 Å². The third-order valence-corrected chi connectivity index (χ3v) is 8.81. The zero-order valence-corrected chi connectivity index (χ0v) is 23.1. The summed E-state index contributed by atoms with van der Waals surface area (Å²) in [7, 11) is -3.64. The van der Waals surface area contributed by atoms with Crippen LogP contribution in [0.2, 0.25) is 0 Å². The Kier molecular flexibility index (Phi) is 9.40. The molecule has 188 valence electrons. The molecule has 0 saturated carbocycles. The van der Waals surface area contributed by atoms with E-state index in [9.17, 15) is 18.0 Å². The fourth-order valence-electron chi connectivity index (χ4n) is 3.47. The molecule has 2 aromatic carbocycles. The Morgan fingerprint density at radius 3 is 2.46 bits per heavy atom. The Balaban J connectivity index is 1.95. The van der Waals surface area contributed by atoms with Gasteiger partial charge in [-0.2, -0.15) is 9.30 Å². The predicted octanol–water partition coefficient (Wildman–Crippen LogP) is 4.58. The molecule has 8 nitrogen and oxygen atoms in total. The van der Waals surface area contributed by atoms with E-state index in [1.54, 1.807) is 18.4 Å². The summed E-state index contributed by atoms with van der Waals surface area (Å²) in [6.45, 7) is 6.54. The zero-order chi connectivity index (χ0) is 25.6. The number of sulfonamides is 1. The van der Waals surface area contributed by atoms with Crippen LogP contribution in [0, 0.1) is 0 Å². The lowest BCUT2D eigenvalue weighted by Gasteiger charge is -2.20. The average molecular weight is 583 g/mol. The van der Waals surface area contributed by atoms with Crippen molar-refractivity contribution < 1.29 is 22.7 Å². The first-order valence-electron chi connectivity index (χ1n) is 11.3. The number of hydrogen-bond acceptors (Lipinski definition) is 6. The maximum Gasteiger partial charge on any atom is 0.326 e. The SMILES string of the molecule is CCCCN(CC)S(=O)(=O)c1ccc(C(=O)N=c2sc3cc(Br)ccc3n2CC(=O)OCC)cc1. The lowest BCUT2D eigenvalue weighted by molar-refractivity contribution is -0.143. The molecule has 0 aliphatic rings.